The highest BCUT2D eigenvalue weighted by Crippen LogP contribution is 2.34. The van der Waals surface area contributed by atoms with Crippen molar-refractivity contribution in [2.24, 2.45) is 11.8 Å². The first-order valence-electron chi connectivity index (χ1n) is 11.1. The highest BCUT2D eigenvalue weighted by atomic mass is 16.5. The standard InChI is InChI=1S/C23H38O5/c1-3-5-12-19(24)13-10-11-18-16-17-21(25)20(18)14-8-6-7-9-15-22(26)23(27)28-4-2/h10-11,18-20,24H,3-9,12-17H2,1-2H3/t18-,19?,20+/m0/s1. The minimum Gasteiger partial charge on any atom is -0.460 e. The van der Waals surface area contributed by atoms with Crippen LogP contribution in [-0.2, 0) is 19.1 Å². The van der Waals surface area contributed by atoms with E-state index in [2.05, 4.69) is 19.1 Å². The maximum atomic E-state index is 12.2. The molecule has 0 spiro atoms. The van der Waals surface area contributed by atoms with Gasteiger partial charge in [0.1, 0.15) is 5.78 Å². The number of esters is 1. The van der Waals surface area contributed by atoms with E-state index in [9.17, 15) is 19.5 Å². The fourth-order valence-electron chi connectivity index (χ4n) is 3.82. The van der Waals surface area contributed by atoms with Crippen molar-refractivity contribution in [2.45, 2.75) is 97.0 Å². The van der Waals surface area contributed by atoms with Crippen LogP contribution in [0, 0.1) is 11.8 Å². The van der Waals surface area contributed by atoms with E-state index in [1.54, 1.807) is 6.92 Å². The van der Waals surface area contributed by atoms with Crippen LogP contribution in [0.4, 0.5) is 0 Å². The van der Waals surface area contributed by atoms with Gasteiger partial charge in [-0.2, -0.15) is 0 Å². The molecule has 1 N–H and O–H groups in total. The molecule has 1 unspecified atom stereocenters. The van der Waals surface area contributed by atoms with Crippen molar-refractivity contribution >= 4 is 17.5 Å². The molecule has 0 amide bonds. The molecule has 0 saturated heterocycles. The Hall–Kier alpha value is -1.49. The van der Waals surface area contributed by atoms with E-state index in [0.29, 0.717) is 31.0 Å². The normalized spacial score (nSPS) is 20.6. The van der Waals surface area contributed by atoms with Crippen LogP contribution >= 0.6 is 0 Å². The predicted molar refractivity (Wildman–Crippen MR) is 110 cm³/mol. The second-order valence-corrected chi connectivity index (χ2v) is 7.83. The van der Waals surface area contributed by atoms with Crippen molar-refractivity contribution in [3.63, 3.8) is 0 Å². The first kappa shape index (κ1) is 24.5. The Kier molecular flexibility index (Phi) is 12.7. The Balaban J connectivity index is 2.23. The Bertz CT molecular complexity index is 511. The predicted octanol–water partition coefficient (Wildman–Crippen LogP) is 4.55. The van der Waals surface area contributed by atoms with Gasteiger partial charge in [-0.1, -0.05) is 51.2 Å². The van der Waals surface area contributed by atoms with Gasteiger partial charge in [-0.15, -0.1) is 0 Å². The van der Waals surface area contributed by atoms with Gasteiger partial charge in [-0.3, -0.25) is 9.59 Å². The Morgan fingerprint density at radius 3 is 2.64 bits per heavy atom. The van der Waals surface area contributed by atoms with E-state index >= 15 is 0 Å². The Morgan fingerprint density at radius 2 is 1.93 bits per heavy atom. The first-order valence-corrected chi connectivity index (χ1v) is 11.1. The van der Waals surface area contributed by atoms with Crippen LogP contribution in [0.25, 0.3) is 0 Å². The van der Waals surface area contributed by atoms with Gasteiger partial charge >= 0.3 is 5.97 Å². The van der Waals surface area contributed by atoms with Crippen molar-refractivity contribution in [2.75, 3.05) is 6.61 Å². The minimum absolute atomic E-state index is 0.102. The number of allylic oxidation sites excluding steroid dienone is 1. The molecular weight excluding hydrogens is 356 g/mol. The molecule has 1 fully saturated rings. The number of unbranched alkanes of at least 4 members (excludes halogenated alkanes) is 4. The Labute approximate surface area is 169 Å². The van der Waals surface area contributed by atoms with Crippen LogP contribution in [0.15, 0.2) is 12.2 Å². The first-order chi connectivity index (χ1) is 13.5. The van der Waals surface area contributed by atoms with Crippen LogP contribution in [0.3, 0.4) is 0 Å². The van der Waals surface area contributed by atoms with E-state index in [1.807, 2.05) is 0 Å². The van der Waals surface area contributed by atoms with Crippen LogP contribution in [0.1, 0.15) is 90.9 Å². The third-order valence-corrected chi connectivity index (χ3v) is 5.51. The molecule has 0 bridgehead atoms. The number of carbonyl (C=O) groups excluding carboxylic acids is 3. The molecule has 1 rings (SSSR count). The monoisotopic (exact) mass is 394 g/mol. The van der Waals surface area contributed by atoms with Crippen molar-refractivity contribution < 1.29 is 24.2 Å². The number of rotatable bonds is 15. The lowest BCUT2D eigenvalue weighted by Crippen LogP contribution is -2.16. The molecule has 0 heterocycles. The quantitative estimate of drug-likeness (QED) is 0.191. The van der Waals surface area contributed by atoms with Gasteiger partial charge in [0.25, 0.3) is 0 Å². The van der Waals surface area contributed by atoms with Crippen molar-refractivity contribution in [3.05, 3.63) is 12.2 Å². The average molecular weight is 395 g/mol. The summed E-state index contributed by atoms with van der Waals surface area (Å²) in [4.78, 5) is 35.0. The second-order valence-electron chi connectivity index (χ2n) is 7.83. The molecule has 1 saturated carbocycles. The number of aliphatic hydroxyl groups is 1. The van der Waals surface area contributed by atoms with E-state index in [-0.39, 0.29) is 25.0 Å². The zero-order valence-electron chi connectivity index (χ0n) is 17.7. The topological polar surface area (TPSA) is 80.7 Å². The number of ketones is 2. The van der Waals surface area contributed by atoms with Crippen LogP contribution < -0.4 is 0 Å². The van der Waals surface area contributed by atoms with Gasteiger partial charge in [-0.25, -0.2) is 4.79 Å². The zero-order chi connectivity index (χ0) is 20.8. The largest absolute Gasteiger partial charge is 0.460 e. The molecule has 0 radical (unpaired) electrons. The summed E-state index contributed by atoms with van der Waals surface area (Å²) in [5.74, 6) is -0.409. The second kappa shape index (κ2) is 14.5. The third-order valence-electron chi connectivity index (χ3n) is 5.51. The van der Waals surface area contributed by atoms with Crippen LogP contribution in [0.2, 0.25) is 0 Å². The summed E-state index contributed by atoms with van der Waals surface area (Å²) in [6.07, 6.45) is 13.8. The summed E-state index contributed by atoms with van der Waals surface area (Å²) >= 11 is 0. The lowest BCUT2D eigenvalue weighted by molar-refractivity contribution is -0.153. The maximum Gasteiger partial charge on any atom is 0.374 e. The molecule has 1 aliphatic carbocycles. The van der Waals surface area contributed by atoms with E-state index in [1.165, 1.54) is 0 Å². The fourth-order valence-corrected chi connectivity index (χ4v) is 3.82. The SMILES string of the molecule is CCCCC(O)CC=C[C@H]1CCC(=O)[C@@H]1CCCCCCC(=O)C(=O)OCC. The van der Waals surface area contributed by atoms with E-state index < -0.39 is 11.8 Å². The molecule has 0 aliphatic heterocycles. The van der Waals surface area contributed by atoms with Crippen molar-refractivity contribution in [1.29, 1.82) is 0 Å². The van der Waals surface area contributed by atoms with Gasteiger partial charge in [0, 0.05) is 18.8 Å². The molecule has 5 nitrogen and oxygen atoms in total. The highest BCUT2D eigenvalue weighted by molar-refractivity contribution is 6.33. The maximum absolute atomic E-state index is 12.2. The lowest BCUT2D eigenvalue weighted by Gasteiger charge is -2.15. The van der Waals surface area contributed by atoms with Gasteiger partial charge in [0.15, 0.2) is 0 Å². The average Bonchev–Trinajstić information content (AvgIpc) is 3.02. The lowest BCUT2D eigenvalue weighted by atomic mass is 9.89. The number of hydrogen-bond donors (Lipinski definition) is 1. The molecule has 3 atom stereocenters. The molecule has 0 aromatic rings. The number of hydrogen-bond acceptors (Lipinski definition) is 5. The van der Waals surface area contributed by atoms with Crippen LogP contribution in [0.5, 0.6) is 0 Å². The molecule has 5 heteroatoms. The molecule has 160 valence electrons. The van der Waals surface area contributed by atoms with Gasteiger partial charge in [-0.05, 0) is 44.9 Å². The third kappa shape index (κ3) is 9.63. The summed E-state index contributed by atoms with van der Waals surface area (Å²) in [7, 11) is 0. The van der Waals surface area contributed by atoms with Gasteiger partial charge < -0.3 is 9.84 Å². The summed E-state index contributed by atoms with van der Waals surface area (Å²) < 4.78 is 4.69. The zero-order valence-corrected chi connectivity index (χ0v) is 17.7. The fraction of sp³-hybridized carbons (Fsp3) is 0.783. The molecular formula is C23H38O5. The number of carbonyl (C=O) groups is 3. The molecule has 1 aliphatic rings. The van der Waals surface area contributed by atoms with E-state index in [4.69, 9.17) is 4.74 Å². The number of Topliss-reactive ketones (excluding diaryl/α,β-unsaturated/α-hetero) is 2. The smallest absolute Gasteiger partial charge is 0.374 e. The number of ether oxygens (including phenoxy) is 1. The molecule has 0 aromatic carbocycles. The Morgan fingerprint density at radius 1 is 1.18 bits per heavy atom. The van der Waals surface area contributed by atoms with Crippen molar-refractivity contribution in [3.8, 4) is 0 Å². The summed E-state index contributed by atoms with van der Waals surface area (Å²) in [6.45, 7) is 4.04. The molecule has 28 heavy (non-hydrogen) atoms. The minimum atomic E-state index is -0.728. The molecule has 0 aromatic heterocycles. The van der Waals surface area contributed by atoms with Gasteiger partial charge in [0.2, 0.25) is 5.78 Å². The summed E-state index contributed by atoms with van der Waals surface area (Å²) in [6, 6.07) is 0. The number of aliphatic hydroxyl groups excluding tert-OH is 1. The summed E-state index contributed by atoms with van der Waals surface area (Å²) in [5.41, 5.74) is 0. The summed E-state index contributed by atoms with van der Waals surface area (Å²) in [5, 5.41) is 9.93. The van der Waals surface area contributed by atoms with E-state index in [0.717, 1.165) is 51.4 Å². The highest BCUT2D eigenvalue weighted by Gasteiger charge is 2.32. The van der Waals surface area contributed by atoms with Crippen molar-refractivity contribution in [1.82, 2.24) is 0 Å². The van der Waals surface area contributed by atoms with Crippen LogP contribution in [-0.4, -0.2) is 35.4 Å². The van der Waals surface area contributed by atoms with Gasteiger partial charge in [0.05, 0.1) is 12.7 Å².